The molecule has 0 saturated carbocycles. The lowest BCUT2D eigenvalue weighted by Gasteiger charge is -2.34. The highest BCUT2D eigenvalue weighted by atomic mass is 19.1. The topological polar surface area (TPSA) is 194 Å². The number of carbonyl (C=O) groups is 3. The van der Waals surface area contributed by atoms with Gasteiger partial charge in [-0.05, 0) is 18.2 Å². The average Bonchev–Trinajstić information content (AvgIpc) is 3.39. The first-order valence-corrected chi connectivity index (χ1v) is 13.3. The molecule has 2 aromatic carbocycles. The van der Waals surface area contributed by atoms with E-state index in [0.717, 1.165) is 18.2 Å². The summed E-state index contributed by atoms with van der Waals surface area (Å²) in [7, 11) is 0. The van der Waals surface area contributed by atoms with Crippen LogP contribution < -0.4 is 15.1 Å². The van der Waals surface area contributed by atoms with Crippen LogP contribution in [0.4, 0.5) is 32.2 Å². The van der Waals surface area contributed by atoms with Crippen LogP contribution in [-0.4, -0.2) is 88.0 Å². The summed E-state index contributed by atoms with van der Waals surface area (Å²) in [6.07, 6.45) is 1.70. The van der Waals surface area contributed by atoms with Crippen LogP contribution in [0.1, 0.15) is 17.3 Å². The van der Waals surface area contributed by atoms with Crippen molar-refractivity contribution in [1.82, 2.24) is 20.2 Å². The zero-order valence-corrected chi connectivity index (χ0v) is 23.2. The molecule has 3 heterocycles. The second kappa shape index (κ2) is 12.2. The fourth-order valence-electron chi connectivity index (χ4n) is 4.85. The summed E-state index contributed by atoms with van der Waals surface area (Å²) in [4.78, 5) is 70.3. The van der Waals surface area contributed by atoms with Crippen LogP contribution in [0.2, 0.25) is 0 Å². The Balaban J connectivity index is 1.21. The Morgan fingerprint density at radius 1 is 1.02 bits per heavy atom. The maximum atomic E-state index is 15.1. The van der Waals surface area contributed by atoms with Crippen molar-refractivity contribution in [3.8, 4) is 11.1 Å². The van der Waals surface area contributed by atoms with E-state index in [1.165, 1.54) is 41.2 Å². The Kier molecular flexibility index (Phi) is 8.27. The minimum Gasteiger partial charge on any atom is -0.442 e. The highest BCUT2D eigenvalue weighted by Crippen LogP contribution is 2.29. The molecule has 44 heavy (non-hydrogen) atoms. The van der Waals surface area contributed by atoms with Crippen molar-refractivity contribution in [2.75, 3.05) is 49.1 Å². The van der Waals surface area contributed by atoms with Crippen molar-refractivity contribution in [1.29, 1.82) is 0 Å². The number of nitrogens with one attached hydrogen (secondary N) is 1. The summed E-state index contributed by atoms with van der Waals surface area (Å²) in [6.45, 7) is 2.71. The first-order valence-electron chi connectivity index (χ1n) is 13.3. The highest BCUT2D eigenvalue weighted by Gasteiger charge is 2.33. The lowest BCUT2D eigenvalue weighted by molar-refractivity contribution is -0.394. The molecule has 1 aromatic heterocycles. The van der Waals surface area contributed by atoms with Gasteiger partial charge in [-0.2, -0.15) is 0 Å². The van der Waals surface area contributed by atoms with Gasteiger partial charge in [0.15, 0.2) is 0 Å². The number of nitrogens with zero attached hydrogens (tertiary/aromatic N) is 7. The van der Waals surface area contributed by atoms with E-state index < -0.39 is 45.1 Å². The molecule has 0 bridgehead atoms. The lowest BCUT2D eigenvalue weighted by Crippen LogP contribution is -2.49. The van der Waals surface area contributed by atoms with Crippen molar-refractivity contribution in [3.63, 3.8) is 0 Å². The third-order valence-electron chi connectivity index (χ3n) is 7.09. The number of aromatic nitrogens is 2. The number of amides is 3. The largest absolute Gasteiger partial charge is 0.442 e. The van der Waals surface area contributed by atoms with Gasteiger partial charge in [0, 0.05) is 68.8 Å². The van der Waals surface area contributed by atoms with Crippen LogP contribution in [0.15, 0.2) is 48.8 Å². The molecule has 2 aliphatic rings. The highest BCUT2D eigenvalue weighted by molar-refractivity contribution is 5.96. The molecule has 1 atom stereocenters. The molecule has 5 rings (SSSR count). The number of piperazine rings is 1. The normalized spacial score (nSPS) is 16.5. The van der Waals surface area contributed by atoms with Crippen molar-refractivity contribution < 1.29 is 33.4 Å². The molecule has 0 aliphatic carbocycles. The Morgan fingerprint density at radius 2 is 1.66 bits per heavy atom. The molecule has 2 aliphatic heterocycles. The van der Waals surface area contributed by atoms with Gasteiger partial charge in [-0.25, -0.2) is 19.2 Å². The minimum absolute atomic E-state index is 0.149. The molecule has 1 N–H and O–H groups in total. The Morgan fingerprint density at radius 3 is 2.23 bits per heavy atom. The molecule has 2 fully saturated rings. The van der Waals surface area contributed by atoms with Crippen LogP contribution in [-0.2, 0) is 9.53 Å². The number of non-ortho nitro benzene ring substituents is 2. The van der Waals surface area contributed by atoms with Crippen molar-refractivity contribution in [2.24, 2.45) is 0 Å². The standard InChI is InChI=1S/C27H25FN8O8/c1-16(37)29-14-22-15-34(27(39)44-22)19-2-3-23(24(28)11-19)18-12-30-26(31-13-18)33-6-4-32(5-7-33)25(38)17-8-20(35(40)41)10-21(9-17)36(42)43/h2-3,8-13,22H,4-7,14-15H2,1H3,(H,29,37)/t22-/m0/s1. The van der Waals surface area contributed by atoms with Gasteiger partial charge in [0.1, 0.15) is 11.9 Å². The molecule has 0 unspecified atom stereocenters. The van der Waals surface area contributed by atoms with Gasteiger partial charge in [0.05, 0.1) is 40.3 Å². The van der Waals surface area contributed by atoms with E-state index >= 15 is 4.39 Å². The molecule has 0 radical (unpaired) electrons. The van der Waals surface area contributed by atoms with E-state index in [9.17, 15) is 34.6 Å². The molecule has 3 amide bonds. The molecule has 0 spiro atoms. The summed E-state index contributed by atoms with van der Waals surface area (Å²) in [5.74, 6) is -1.09. The van der Waals surface area contributed by atoms with Crippen molar-refractivity contribution in [2.45, 2.75) is 13.0 Å². The quantitative estimate of drug-likeness (QED) is 0.292. The van der Waals surface area contributed by atoms with E-state index in [1.807, 2.05) is 0 Å². The number of anilines is 2. The number of cyclic esters (lactones) is 1. The maximum absolute atomic E-state index is 15.1. The van der Waals surface area contributed by atoms with Crippen LogP contribution in [0.3, 0.4) is 0 Å². The number of halogens is 1. The first kappa shape index (κ1) is 29.7. The monoisotopic (exact) mass is 608 g/mol. The first-order chi connectivity index (χ1) is 21.0. The number of hydrogen-bond acceptors (Lipinski definition) is 11. The van der Waals surface area contributed by atoms with Gasteiger partial charge in [-0.1, -0.05) is 0 Å². The third-order valence-corrected chi connectivity index (χ3v) is 7.09. The molecule has 228 valence electrons. The van der Waals surface area contributed by atoms with E-state index in [1.54, 1.807) is 11.0 Å². The van der Waals surface area contributed by atoms with Gasteiger partial charge in [-0.3, -0.25) is 34.7 Å². The number of nitro groups is 2. The number of benzene rings is 2. The zero-order valence-electron chi connectivity index (χ0n) is 23.2. The molecule has 16 nitrogen and oxygen atoms in total. The van der Waals surface area contributed by atoms with Gasteiger partial charge < -0.3 is 19.9 Å². The van der Waals surface area contributed by atoms with Crippen molar-refractivity contribution in [3.05, 3.63) is 80.4 Å². The van der Waals surface area contributed by atoms with Gasteiger partial charge in [0.2, 0.25) is 11.9 Å². The second-order valence-electron chi connectivity index (χ2n) is 10.0. The molecule has 2 saturated heterocycles. The summed E-state index contributed by atoms with van der Waals surface area (Å²) in [5, 5.41) is 24.9. The average molecular weight is 609 g/mol. The van der Waals surface area contributed by atoms with Crippen LogP contribution in [0, 0.1) is 26.0 Å². The second-order valence-corrected chi connectivity index (χ2v) is 10.0. The molecule has 17 heteroatoms. The van der Waals surface area contributed by atoms with E-state index in [0.29, 0.717) is 30.3 Å². The maximum Gasteiger partial charge on any atom is 0.414 e. The number of carbonyl (C=O) groups excluding carboxylic acids is 3. The smallest absolute Gasteiger partial charge is 0.414 e. The van der Waals surface area contributed by atoms with Crippen molar-refractivity contribution >= 4 is 40.9 Å². The zero-order chi connectivity index (χ0) is 31.5. The van der Waals surface area contributed by atoms with Crippen LogP contribution in [0.25, 0.3) is 11.1 Å². The number of ether oxygens (including phenoxy) is 1. The fourth-order valence-corrected chi connectivity index (χ4v) is 4.85. The van der Waals surface area contributed by atoms with E-state index in [-0.39, 0.29) is 43.2 Å². The molecule has 3 aromatic rings. The van der Waals surface area contributed by atoms with Gasteiger partial charge in [-0.15, -0.1) is 0 Å². The summed E-state index contributed by atoms with van der Waals surface area (Å²) < 4.78 is 20.3. The lowest BCUT2D eigenvalue weighted by atomic mass is 10.1. The van der Waals surface area contributed by atoms with Gasteiger partial charge in [0.25, 0.3) is 17.3 Å². The SMILES string of the molecule is CC(=O)NC[C@H]1CN(c2ccc(-c3cnc(N4CCN(C(=O)c5cc([N+](=O)[O-])cc([N+](=O)[O-])c5)CC4)nc3)c(F)c2)C(=O)O1. The number of hydrogen-bond donors (Lipinski definition) is 1. The van der Waals surface area contributed by atoms with E-state index in [2.05, 4.69) is 15.3 Å². The predicted molar refractivity (Wildman–Crippen MR) is 152 cm³/mol. The predicted octanol–water partition coefficient (Wildman–Crippen LogP) is 2.52. The molecular formula is C27H25FN8O8. The third kappa shape index (κ3) is 6.35. The van der Waals surface area contributed by atoms with Gasteiger partial charge >= 0.3 is 6.09 Å². The Bertz CT molecular complexity index is 1610. The molecular weight excluding hydrogens is 583 g/mol. The number of nitro benzene ring substituents is 2. The summed E-state index contributed by atoms with van der Waals surface area (Å²) in [6, 6.07) is 7.10. The Labute approximate surface area is 248 Å². The fraction of sp³-hybridized carbons (Fsp3) is 0.296. The van der Waals surface area contributed by atoms with Crippen LogP contribution in [0.5, 0.6) is 0 Å². The summed E-state index contributed by atoms with van der Waals surface area (Å²) in [5.41, 5.74) is -0.348. The minimum atomic E-state index is -0.793. The summed E-state index contributed by atoms with van der Waals surface area (Å²) >= 11 is 0. The van der Waals surface area contributed by atoms with E-state index in [4.69, 9.17) is 4.74 Å². The Hall–Kier alpha value is -5.74. The number of rotatable bonds is 8. The van der Waals surface area contributed by atoms with Crippen LogP contribution >= 0.6 is 0 Å².